The number of nitrogens with zero attached hydrogens (tertiary/aromatic N) is 1. The van der Waals surface area contributed by atoms with Crippen LogP contribution in [0, 0.1) is 22.7 Å². The highest BCUT2D eigenvalue weighted by Gasteiger charge is 2.69. The Morgan fingerprint density at radius 2 is 1.90 bits per heavy atom. The highest BCUT2D eigenvalue weighted by Crippen LogP contribution is 2.67. The maximum absolute atomic E-state index is 13.4. The predicted molar refractivity (Wildman–Crippen MR) is 145 cm³/mol. The molecule has 5 N–H and O–H groups in total. The Kier molecular flexibility index (Phi) is 6.83. The van der Waals surface area contributed by atoms with E-state index >= 15 is 0 Å². The number of aliphatic hydroxyl groups is 1. The number of carbonyl (C=O) groups excluding carboxylic acids is 3. The summed E-state index contributed by atoms with van der Waals surface area (Å²) in [4.78, 5) is 50.1. The van der Waals surface area contributed by atoms with Gasteiger partial charge in [0.2, 0.25) is 5.91 Å². The number of aliphatic hydroxyl groups excluding tert-OH is 1. The summed E-state index contributed by atoms with van der Waals surface area (Å²) in [7, 11) is 0. The van der Waals surface area contributed by atoms with Crippen molar-refractivity contribution in [1.82, 2.24) is 4.90 Å². The van der Waals surface area contributed by atoms with Gasteiger partial charge in [-0.25, -0.2) is 4.79 Å². The molecular formula is C30H40N2O9. The molecule has 2 heterocycles. The molecule has 41 heavy (non-hydrogen) atoms. The van der Waals surface area contributed by atoms with E-state index in [9.17, 15) is 34.5 Å². The summed E-state index contributed by atoms with van der Waals surface area (Å²) in [6.45, 7) is 9.48. The van der Waals surface area contributed by atoms with E-state index in [-0.39, 0.29) is 42.5 Å². The summed E-state index contributed by atoms with van der Waals surface area (Å²) >= 11 is 0. The van der Waals surface area contributed by atoms with Crippen molar-refractivity contribution in [3.63, 3.8) is 0 Å². The number of esters is 1. The SMILES string of the molecule is CC(=O)OC1CC2(C)C(CCC(C)C23Cc2c(O)cc4c(c2O3)CN(C(CCC(N)=O)C(=O)O)C4=O)C(C)(C)C1O. The number of hydrogen-bond acceptors (Lipinski definition) is 8. The van der Waals surface area contributed by atoms with Gasteiger partial charge >= 0.3 is 11.9 Å². The standard InChI is InChI=1S/C30H40N2O9/c1-14-6-8-22-28(3,4)25(36)21(40-15(2)33)12-29(22,5)30(14)11-17-20(34)10-16-18(24(17)41-30)13-32(26(16)37)19(27(38)39)7-9-23(31)35/h10,14,19,21-22,25,34,36H,6-9,11-13H2,1-5H3,(H2,31,35)(H,38,39). The van der Waals surface area contributed by atoms with Gasteiger partial charge < -0.3 is 35.4 Å². The third-order valence-electron chi connectivity index (χ3n) is 10.7. The average Bonchev–Trinajstić information content (AvgIpc) is 3.42. The second kappa shape index (κ2) is 9.61. The van der Waals surface area contributed by atoms with E-state index in [0.717, 1.165) is 12.8 Å². The molecule has 2 amide bonds. The first-order chi connectivity index (χ1) is 19.0. The topological polar surface area (TPSA) is 177 Å². The first-order valence-electron chi connectivity index (χ1n) is 14.3. The molecule has 0 aromatic heterocycles. The summed E-state index contributed by atoms with van der Waals surface area (Å²) in [6, 6.07) is 0.117. The second-order valence-corrected chi connectivity index (χ2v) is 13.3. The van der Waals surface area contributed by atoms with Crippen molar-refractivity contribution >= 4 is 23.8 Å². The fourth-order valence-electron chi connectivity index (χ4n) is 8.66. The number of ether oxygens (including phenoxy) is 2. The van der Waals surface area contributed by atoms with Crippen LogP contribution >= 0.6 is 0 Å². The van der Waals surface area contributed by atoms with Gasteiger partial charge in [-0.15, -0.1) is 0 Å². The summed E-state index contributed by atoms with van der Waals surface area (Å²) in [5.41, 5.74) is 4.45. The van der Waals surface area contributed by atoms with Gasteiger partial charge in [-0.3, -0.25) is 14.4 Å². The second-order valence-electron chi connectivity index (χ2n) is 13.3. The quantitative estimate of drug-likeness (QED) is 0.373. The van der Waals surface area contributed by atoms with Gasteiger partial charge in [-0.2, -0.15) is 0 Å². The molecule has 2 fully saturated rings. The zero-order valence-electron chi connectivity index (χ0n) is 24.2. The summed E-state index contributed by atoms with van der Waals surface area (Å²) in [5, 5.41) is 32.3. The Morgan fingerprint density at radius 3 is 2.51 bits per heavy atom. The number of benzene rings is 1. The van der Waals surface area contributed by atoms with E-state index in [4.69, 9.17) is 15.2 Å². The van der Waals surface area contributed by atoms with E-state index < -0.39 is 58.4 Å². The smallest absolute Gasteiger partial charge is 0.326 e. The van der Waals surface area contributed by atoms with Gasteiger partial charge in [0.1, 0.15) is 29.2 Å². The largest absolute Gasteiger partial charge is 0.508 e. The number of phenolic OH excluding ortho intramolecular Hbond substituents is 1. The van der Waals surface area contributed by atoms with E-state index in [1.807, 2.05) is 13.8 Å². The molecule has 1 aromatic carbocycles. The highest BCUT2D eigenvalue weighted by atomic mass is 16.6. The lowest BCUT2D eigenvalue weighted by Gasteiger charge is -2.65. The number of phenols is 1. The Balaban J connectivity index is 1.57. The molecule has 4 aliphatic rings. The van der Waals surface area contributed by atoms with Gasteiger partial charge in [-0.1, -0.05) is 27.7 Å². The van der Waals surface area contributed by atoms with Crippen molar-refractivity contribution < 1.29 is 44.0 Å². The predicted octanol–water partition coefficient (Wildman–Crippen LogP) is 2.52. The lowest BCUT2D eigenvalue weighted by atomic mass is 9.43. The number of nitrogens with two attached hydrogens (primary N) is 1. The van der Waals surface area contributed by atoms with Crippen molar-refractivity contribution in [2.75, 3.05) is 0 Å². The van der Waals surface area contributed by atoms with Crippen LogP contribution in [0.25, 0.3) is 0 Å². The fourth-order valence-corrected chi connectivity index (χ4v) is 8.66. The van der Waals surface area contributed by atoms with E-state index in [1.165, 1.54) is 17.9 Å². The van der Waals surface area contributed by atoms with Crippen LogP contribution in [0.5, 0.6) is 11.5 Å². The molecule has 2 aliphatic heterocycles. The number of rotatable bonds is 6. The van der Waals surface area contributed by atoms with Crippen molar-refractivity contribution in [1.29, 1.82) is 0 Å². The molecule has 0 bridgehead atoms. The third kappa shape index (κ3) is 4.18. The number of aliphatic carboxylic acids is 1. The van der Waals surface area contributed by atoms with Gasteiger partial charge in [0.25, 0.3) is 5.91 Å². The number of aromatic hydroxyl groups is 1. The molecule has 11 nitrogen and oxygen atoms in total. The first kappa shape index (κ1) is 29.2. The molecule has 2 saturated carbocycles. The van der Waals surface area contributed by atoms with Gasteiger partial charge in [0.05, 0.1) is 18.2 Å². The van der Waals surface area contributed by atoms with Crippen molar-refractivity contribution in [3.8, 4) is 11.5 Å². The number of carboxylic acids is 1. The fraction of sp³-hybridized carbons (Fsp3) is 0.667. The average molecular weight is 573 g/mol. The maximum atomic E-state index is 13.4. The lowest BCUT2D eigenvalue weighted by molar-refractivity contribution is -0.245. The van der Waals surface area contributed by atoms with Gasteiger partial charge in [0, 0.05) is 36.3 Å². The van der Waals surface area contributed by atoms with E-state index in [2.05, 4.69) is 13.8 Å². The van der Waals surface area contributed by atoms with Crippen molar-refractivity contribution in [2.45, 2.75) is 104 Å². The van der Waals surface area contributed by atoms with Crippen LogP contribution in [0.15, 0.2) is 6.07 Å². The van der Waals surface area contributed by atoms with Gasteiger partial charge in [-0.05, 0) is 49.0 Å². The Labute approximate surface area is 239 Å². The molecule has 0 saturated heterocycles. The molecule has 224 valence electrons. The zero-order valence-corrected chi connectivity index (χ0v) is 24.2. The summed E-state index contributed by atoms with van der Waals surface area (Å²) in [5.74, 6) is -2.63. The van der Waals surface area contributed by atoms with Crippen LogP contribution in [0.1, 0.15) is 88.2 Å². The number of fused-ring (bicyclic) bond motifs is 5. The van der Waals surface area contributed by atoms with E-state index in [0.29, 0.717) is 29.7 Å². The first-order valence-corrected chi connectivity index (χ1v) is 14.3. The number of primary amides is 1. The van der Waals surface area contributed by atoms with Crippen molar-refractivity contribution in [2.24, 2.45) is 28.4 Å². The highest BCUT2D eigenvalue weighted by molar-refractivity contribution is 6.02. The number of hydrogen-bond donors (Lipinski definition) is 4. The van der Waals surface area contributed by atoms with Crippen LogP contribution in [0.4, 0.5) is 0 Å². The molecule has 1 aromatic rings. The van der Waals surface area contributed by atoms with E-state index in [1.54, 1.807) is 0 Å². The van der Waals surface area contributed by atoms with Crippen LogP contribution in [-0.4, -0.2) is 67.8 Å². The van der Waals surface area contributed by atoms with Crippen molar-refractivity contribution in [3.05, 3.63) is 22.8 Å². The summed E-state index contributed by atoms with van der Waals surface area (Å²) < 4.78 is 12.6. The minimum absolute atomic E-state index is 0.000771. The van der Waals surface area contributed by atoms with Crippen LogP contribution < -0.4 is 10.5 Å². The number of carbonyl (C=O) groups is 4. The molecule has 1 spiro atoms. The normalized spacial score (nSPS) is 33.9. The van der Waals surface area contributed by atoms with Crippen LogP contribution in [0.2, 0.25) is 0 Å². The molecule has 2 aliphatic carbocycles. The number of carboxylic acid groups (broad SMARTS) is 1. The molecule has 5 rings (SSSR count). The Morgan fingerprint density at radius 1 is 1.22 bits per heavy atom. The van der Waals surface area contributed by atoms with Gasteiger partial charge in [0.15, 0.2) is 0 Å². The maximum Gasteiger partial charge on any atom is 0.326 e. The lowest BCUT2D eigenvalue weighted by Crippen LogP contribution is -2.69. The Hall–Kier alpha value is -3.34. The minimum atomic E-state index is -1.27. The molecule has 11 heteroatoms. The monoisotopic (exact) mass is 572 g/mol. The van der Waals surface area contributed by atoms with Crippen LogP contribution in [0.3, 0.4) is 0 Å². The zero-order chi connectivity index (χ0) is 30.2. The molecule has 7 atom stereocenters. The molecular weight excluding hydrogens is 532 g/mol. The van der Waals surface area contributed by atoms with Crippen LogP contribution in [-0.2, 0) is 32.1 Å². The third-order valence-corrected chi connectivity index (χ3v) is 10.7. The Bertz CT molecular complexity index is 1330. The summed E-state index contributed by atoms with van der Waals surface area (Å²) in [6.07, 6.45) is 0.441. The molecule has 0 radical (unpaired) electrons. The number of amides is 2. The molecule has 7 unspecified atom stereocenters. The minimum Gasteiger partial charge on any atom is -0.508 e.